The summed E-state index contributed by atoms with van der Waals surface area (Å²) in [6.45, 7) is 3.94. The van der Waals surface area contributed by atoms with E-state index in [2.05, 4.69) is 25.6 Å². The van der Waals surface area contributed by atoms with Crippen LogP contribution < -0.4 is 15.6 Å². The van der Waals surface area contributed by atoms with Gasteiger partial charge in [0.05, 0.1) is 35.0 Å². The molecule has 1 fully saturated rings. The summed E-state index contributed by atoms with van der Waals surface area (Å²) in [6, 6.07) is 18.6. The number of aromatic amines is 1. The number of halogens is 2. The molecule has 0 unspecified atom stereocenters. The summed E-state index contributed by atoms with van der Waals surface area (Å²) in [7, 11) is 0. The Kier molecular flexibility index (Phi) is 8.59. The van der Waals surface area contributed by atoms with Crippen molar-refractivity contribution >= 4 is 40.1 Å². The summed E-state index contributed by atoms with van der Waals surface area (Å²) in [5, 5.41) is 14.9. The first-order valence-corrected chi connectivity index (χ1v) is 15.6. The van der Waals surface area contributed by atoms with E-state index in [1.54, 1.807) is 48.4 Å². The van der Waals surface area contributed by atoms with Crippen LogP contribution in [0.25, 0.3) is 28.0 Å². The topological polar surface area (TPSA) is 144 Å². The Morgan fingerprint density at radius 3 is 2.49 bits per heavy atom. The summed E-state index contributed by atoms with van der Waals surface area (Å²) in [6.07, 6.45) is 2.89. The molecule has 0 aliphatic carbocycles. The third-order valence-electron chi connectivity index (χ3n) is 8.02. The fourth-order valence-electron chi connectivity index (χ4n) is 5.46. The number of aromatic nitrogens is 5. The number of nitrogens with one attached hydrogen (secondary N) is 2. The lowest BCUT2D eigenvalue weighted by molar-refractivity contribution is 0.0303. The molecule has 0 radical (unpaired) electrons. The summed E-state index contributed by atoms with van der Waals surface area (Å²) in [5.74, 6) is -0.351. The molecule has 3 aromatic heterocycles. The molecular weight excluding hydrogens is 653 g/mol. The van der Waals surface area contributed by atoms with Crippen molar-refractivity contribution in [1.29, 1.82) is 0 Å². The van der Waals surface area contributed by atoms with Gasteiger partial charge in [-0.3, -0.25) is 19.5 Å². The number of rotatable bonds is 7. The van der Waals surface area contributed by atoms with E-state index in [1.165, 1.54) is 36.5 Å². The molecule has 49 heavy (non-hydrogen) atoms. The van der Waals surface area contributed by atoms with E-state index in [1.807, 2.05) is 12.1 Å². The van der Waals surface area contributed by atoms with E-state index < -0.39 is 17.3 Å². The molecule has 3 aromatic carbocycles. The Morgan fingerprint density at radius 1 is 0.980 bits per heavy atom. The molecule has 12 nitrogen and oxygen atoms in total. The van der Waals surface area contributed by atoms with E-state index in [0.29, 0.717) is 71.3 Å². The van der Waals surface area contributed by atoms with Gasteiger partial charge in [0.2, 0.25) is 0 Å². The van der Waals surface area contributed by atoms with Crippen LogP contribution in [-0.2, 0) is 4.74 Å². The van der Waals surface area contributed by atoms with E-state index in [9.17, 15) is 18.8 Å². The summed E-state index contributed by atoms with van der Waals surface area (Å²) in [5.41, 5.74) is 2.74. The van der Waals surface area contributed by atoms with Crippen LogP contribution in [-0.4, -0.2) is 68.0 Å². The zero-order chi connectivity index (χ0) is 34.1. The van der Waals surface area contributed by atoms with Gasteiger partial charge >= 0.3 is 0 Å². The van der Waals surface area contributed by atoms with Crippen molar-refractivity contribution < 1.29 is 23.5 Å². The Hall–Kier alpha value is -5.92. The zero-order valence-electron chi connectivity index (χ0n) is 25.9. The lowest BCUT2D eigenvalue weighted by atomic mass is 10.1. The van der Waals surface area contributed by atoms with E-state index in [-0.39, 0.29) is 22.2 Å². The number of ether oxygens (including phenoxy) is 2. The monoisotopic (exact) mass is 679 g/mol. The van der Waals surface area contributed by atoms with Gasteiger partial charge < -0.3 is 19.7 Å². The minimum absolute atomic E-state index is 0.0534. The number of anilines is 1. The maximum atomic E-state index is 13.4. The molecule has 0 atom stereocenters. The van der Waals surface area contributed by atoms with Crippen molar-refractivity contribution in [2.45, 2.75) is 6.92 Å². The number of carbonyl (C=O) groups is 2. The van der Waals surface area contributed by atoms with Crippen molar-refractivity contribution in [2.75, 3.05) is 31.6 Å². The first-order chi connectivity index (χ1) is 23.8. The van der Waals surface area contributed by atoms with Gasteiger partial charge in [-0.15, -0.1) is 0 Å². The molecule has 1 saturated heterocycles. The Bertz CT molecular complexity index is 2270. The maximum Gasteiger partial charge on any atom is 0.284 e. The van der Waals surface area contributed by atoms with Crippen molar-refractivity contribution in [3.8, 4) is 28.4 Å². The fraction of sp³-hybridized carbons (Fsp3) is 0.143. The summed E-state index contributed by atoms with van der Waals surface area (Å²) >= 11 is 6.61. The minimum atomic E-state index is -0.699. The molecule has 0 bridgehead atoms. The molecule has 2 amide bonds. The van der Waals surface area contributed by atoms with Gasteiger partial charge in [0.25, 0.3) is 17.4 Å². The Labute approximate surface area is 283 Å². The highest BCUT2D eigenvalue weighted by Crippen LogP contribution is 2.38. The molecule has 2 N–H and O–H groups in total. The van der Waals surface area contributed by atoms with E-state index in [4.69, 9.17) is 21.1 Å². The Balaban J connectivity index is 1.12. The van der Waals surface area contributed by atoms with E-state index >= 15 is 0 Å². The smallest absolute Gasteiger partial charge is 0.284 e. The average molecular weight is 680 g/mol. The highest BCUT2D eigenvalue weighted by Gasteiger charge is 2.21. The standard InChI is InChI=1S/C35H27ClFN7O5/c1-20-18-27(40-33(45)25-10-13-39-44(35(25)47)24-8-6-23(37)7-9-24)26(36)19-29(20)49-28-11-12-38-32-30(28)31(41-42-32)21-2-4-22(5-3-21)34(46)43-14-16-48-17-15-43/h2-13,18-19H,14-17H2,1H3,(H,40,45)(H,38,41,42). The lowest BCUT2D eigenvalue weighted by Gasteiger charge is -2.26. The van der Waals surface area contributed by atoms with Gasteiger partial charge in [-0.2, -0.15) is 14.9 Å². The predicted molar refractivity (Wildman–Crippen MR) is 180 cm³/mol. The van der Waals surface area contributed by atoms with Gasteiger partial charge in [-0.05, 0) is 67.1 Å². The van der Waals surface area contributed by atoms with Crippen LogP contribution in [0.2, 0.25) is 5.02 Å². The first-order valence-electron chi connectivity index (χ1n) is 15.2. The first kappa shape index (κ1) is 31.7. The van der Waals surface area contributed by atoms with Crippen LogP contribution in [0.5, 0.6) is 11.5 Å². The van der Waals surface area contributed by atoms with Crippen molar-refractivity contribution in [3.63, 3.8) is 0 Å². The second-order valence-corrected chi connectivity index (χ2v) is 11.6. The van der Waals surface area contributed by atoms with E-state index in [0.717, 1.165) is 10.2 Å². The number of amides is 2. The molecule has 1 aliphatic heterocycles. The number of hydrogen-bond donors (Lipinski definition) is 2. The number of pyridine rings is 1. The van der Waals surface area contributed by atoms with Crippen LogP contribution in [0, 0.1) is 12.7 Å². The number of benzene rings is 3. The lowest BCUT2D eigenvalue weighted by Crippen LogP contribution is -2.40. The molecule has 1 aliphatic rings. The fourth-order valence-corrected chi connectivity index (χ4v) is 5.67. The largest absolute Gasteiger partial charge is 0.456 e. The van der Waals surface area contributed by atoms with Crippen molar-refractivity contribution in [2.24, 2.45) is 0 Å². The van der Waals surface area contributed by atoms with Gasteiger partial charge in [-0.1, -0.05) is 23.7 Å². The second kappa shape index (κ2) is 13.3. The molecule has 7 rings (SSSR count). The number of nitrogens with zero attached hydrogens (tertiary/aromatic N) is 5. The van der Waals surface area contributed by atoms with Crippen molar-refractivity contribution in [3.05, 3.63) is 123 Å². The Morgan fingerprint density at radius 2 is 1.73 bits per heavy atom. The molecule has 6 aromatic rings. The predicted octanol–water partition coefficient (Wildman–Crippen LogP) is 5.79. The number of H-pyrrole nitrogens is 1. The second-order valence-electron chi connectivity index (χ2n) is 11.2. The molecular formula is C35H27ClFN7O5. The van der Waals surface area contributed by atoms with Crippen LogP contribution in [0.15, 0.2) is 90.0 Å². The highest BCUT2D eigenvalue weighted by molar-refractivity contribution is 6.34. The number of carbonyl (C=O) groups excluding carboxylic acids is 2. The zero-order valence-corrected chi connectivity index (χ0v) is 26.7. The van der Waals surface area contributed by atoms with Gasteiger partial charge in [0, 0.05) is 42.7 Å². The SMILES string of the molecule is Cc1cc(NC(=O)c2ccnn(-c3ccc(F)cc3)c2=O)c(Cl)cc1Oc1ccnc2[nH]nc(-c3ccc(C(=O)N4CCOCC4)cc3)c12. The number of morpholine rings is 1. The number of fused-ring (bicyclic) bond motifs is 1. The molecule has 0 saturated carbocycles. The van der Waals surface area contributed by atoms with Gasteiger partial charge in [-0.25, -0.2) is 9.37 Å². The van der Waals surface area contributed by atoms with Gasteiger partial charge in [0.1, 0.15) is 28.6 Å². The third kappa shape index (κ3) is 6.36. The molecule has 246 valence electrons. The highest BCUT2D eigenvalue weighted by atomic mass is 35.5. The van der Waals surface area contributed by atoms with Crippen LogP contribution in [0.1, 0.15) is 26.3 Å². The van der Waals surface area contributed by atoms with Crippen LogP contribution in [0.4, 0.5) is 10.1 Å². The van der Waals surface area contributed by atoms with Gasteiger partial charge in [0.15, 0.2) is 5.65 Å². The minimum Gasteiger partial charge on any atom is -0.456 e. The number of aryl methyl sites for hydroxylation is 1. The molecule has 14 heteroatoms. The quantitative estimate of drug-likeness (QED) is 0.216. The summed E-state index contributed by atoms with van der Waals surface area (Å²) in [4.78, 5) is 45.4. The average Bonchev–Trinajstić information content (AvgIpc) is 3.56. The normalized spacial score (nSPS) is 13.0. The maximum absolute atomic E-state index is 13.4. The van der Waals surface area contributed by atoms with Crippen molar-refractivity contribution in [1.82, 2.24) is 29.9 Å². The molecule has 4 heterocycles. The van der Waals surface area contributed by atoms with Crippen LogP contribution >= 0.6 is 11.6 Å². The summed E-state index contributed by atoms with van der Waals surface area (Å²) < 4.78 is 26.1. The van der Waals surface area contributed by atoms with Crippen LogP contribution in [0.3, 0.4) is 0 Å². The molecule has 0 spiro atoms. The number of hydrogen-bond acceptors (Lipinski definition) is 8. The third-order valence-corrected chi connectivity index (χ3v) is 8.33.